The molecule has 3 nitrogen and oxygen atoms in total. The van der Waals surface area contributed by atoms with Gasteiger partial charge in [-0.2, -0.15) is 0 Å². The smallest absolute Gasteiger partial charge is 0.214 e. The Morgan fingerprint density at radius 1 is 1.50 bits per heavy atom. The van der Waals surface area contributed by atoms with Crippen molar-refractivity contribution in [1.82, 2.24) is 0 Å². The SMILES string of the molecule is CC1(CN(C=O)c2ccccc2)OCCS1. The van der Waals surface area contributed by atoms with Crippen LogP contribution in [0, 0.1) is 0 Å². The number of benzene rings is 1. The molecule has 16 heavy (non-hydrogen) atoms. The van der Waals surface area contributed by atoms with Crippen LogP contribution < -0.4 is 4.90 Å². The number of rotatable bonds is 4. The third kappa shape index (κ3) is 2.57. The van der Waals surface area contributed by atoms with Gasteiger partial charge in [0.2, 0.25) is 6.41 Å². The normalized spacial score (nSPS) is 24.3. The Morgan fingerprint density at radius 2 is 2.25 bits per heavy atom. The molecule has 0 N–H and O–H groups in total. The van der Waals surface area contributed by atoms with Gasteiger partial charge in [0.1, 0.15) is 4.93 Å². The minimum absolute atomic E-state index is 0.267. The van der Waals surface area contributed by atoms with Gasteiger partial charge in [0.05, 0.1) is 13.2 Å². The van der Waals surface area contributed by atoms with Crippen LogP contribution in [0.5, 0.6) is 0 Å². The Balaban J connectivity index is 2.09. The molecule has 0 radical (unpaired) electrons. The van der Waals surface area contributed by atoms with Crippen LogP contribution in [-0.2, 0) is 9.53 Å². The van der Waals surface area contributed by atoms with Gasteiger partial charge in [0, 0.05) is 11.4 Å². The molecule has 1 fully saturated rings. The molecule has 1 aromatic rings. The Kier molecular flexibility index (Phi) is 3.51. The van der Waals surface area contributed by atoms with E-state index in [0.717, 1.165) is 24.5 Å². The van der Waals surface area contributed by atoms with Crippen molar-refractivity contribution in [2.75, 3.05) is 23.8 Å². The minimum atomic E-state index is -0.267. The molecule has 0 aliphatic carbocycles. The topological polar surface area (TPSA) is 29.5 Å². The number of carbonyl (C=O) groups is 1. The zero-order valence-electron chi connectivity index (χ0n) is 9.26. The second-order valence-corrected chi connectivity index (χ2v) is 5.46. The zero-order valence-corrected chi connectivity index (χ0v) is 10.1. The van der Waals surface area contributed by atoms with E-state index in [0.29, 0.717) is 6.54 Å². The van der Waals surface area contributed by atoms with Crippen molar-refractivity contribution in [3.8, 4) is 0 Å². The Bertz CT molecular complexity index is 349. The van der Waals surface area contributed by atoms with E-state index < -0.39 is 0 Å². The molecule has 1 unspecified atom stereocenters. The van der Waals surface area contributed by atoms with Gasteiger partial charge in [-0.05, 0) is 19.1 Å². The van der Waals surface area contributed by atoms with Crippen LogP contribution in [0.1, 0.15) is 6.92 Å². The van der Waals surface area contributed by atoms with E-state index in [1.165, 1.54) is 0 Å². The van der Waals surface area contributed by atoms with E-state index in [1.54, 1.807) is 16.7 Å². The largest absolute Gasteiger partial charge is 0.362 e. The molecule has 1 aliphatic heterocycles. The van der Waals surface area contributed by atoms with Gasteiger partial charge in [0.15, 0.2) is 0 Å². The van der Waals surface area contributed by atoms with E-state index in [2.05, 4.69) is 0 Å². The number of carbonyl (C=O) groups excluding carboxylic acids is 1. The predicted octanol–water partition coefficient (Wildman–Crippen LogP) is 2.13. The van der Waals surface area contributed by atoms with Crippen LogP contribution in [0.2, 0.25) is 0 Å². The highest BCUT2D eigenvalue weighted by atomic mass is 32.2. The summed E-state index contributed by atoms with van der Waals surface area (Å²) < 4.78 is 5.66. The Labute approximate surface area is 99.8 Å². The number of thioether (sulfide) groups is 1. The second-order valence-electron chi connectivity index (χ2n) is 3.90. The van der Waals surface area contributed by atoms with E-state index in [9.17, 15) is 4.79 Å². The van der Waals surface area contributed by atoms with E-state index in [1.807, 2.05) is 37.3 Å². The summed E-state index contributed by atoms with van der Waals surface area (Å²) in [4.78, 5) is 12.5. The van der Waals surface area contributed by atoms with Crippen LogP contribution in [0.15, 0.2) is 30.3 Å². The molecular formula is C12H15NO2S. The molecule has 0 aromatic heterocycles. The fourth-order valence-electron chi connectivity index (χ4n) is 1.77. The number of anilines is 1. The molecule has 86 valence electrons. The molecule has 0 spiro atoms. The van der Waals surface area contributed by atoms with Crippen molar-refractivity contribution in [3.63, 3.8) is 0 Å². The molecule has 1 aromatic carbocycles. The summed E-state index contributed by atoms with van der Waals surface area (Å²) in [6, 6.07) is 9.65. The summed E-state index contributed by atoms with van der Waals surface area (Å²) >= 11 is 1.76. The number of ether oxygens (including phenoxy) is 1. The number of hydrogen-bond acceptors (Lipinski definition) is 3. The lowest BCUT2D eigenvalue weighted by atomic mass is 10.2. The molecular weight excluding hydrogens is 222 g/mol. The first kappa shape index (κ1) is 11.5. The zero-order chi connectivity index (χ0) is 11.4. The van der Waals surface area contributed by atoms with Crippen molar-refractivity contribution in [3.05, 3.63) is 30.3 Å². The number of hydrogen-bond donors (Lipinski definition) is 0. The average molecular weight is 237 g/mol. The molecule has 1 heterocycles. The highest BCUT2D eigenvalue weighted by Gasteiger charge is 2.32. The predicted molar refractivity (Wildman–Crippen MR) is 66.7 cm³/mol. The summed E-state index contributed by atoms with van der Waals surface area (Å²) in [5, 5.41) is 0. The Hall–Kier alpha value is -1.00. The van der Waals surface area contributed by atoms with Crippen molar-refractivity contribution < 1.29 is 9.53 Å². The Morgan fingerprint density at radius 3 is 2.81 bits per heavy atom. The van der Waals surface area contributed by atoms with Crippen molar-refractivity contribution in [2.45, 2.75) is 11.9 Å². The summed E-state index contributed by atoms with van der Waals surface area (Å²) in [6.07, 6.45) is 0.864. The van der Waals surface area contributed by atoms with Gasteiger partial charge < -0.3 is 9.64 Å². The molecule has 1 amide bonds. The van der Waals surface area contributed by atoms with Crippen LogP contribution in [-0.4, -0.2) is 30.2 Å². The standard InChI is InChI=1S/C12H15NO2S/c1-12(15-7-8-16-12)9-13(10-14)11-5-3-2-4-6-11/h2-6,10H,7-9H2,1H3. The lowest BCUT2D eigenvalue weighted by Gasteiger charge is -2.28. The van der Waals surface area contributed by atoms with Gasteiger partial charge in [0.25, 0.3) is 0 Å². The lowest BCUT2D eigenvalue weighted by molar-refractivity contribution is -0.108. The molecule has 2 rings (SSSR count). The first-order chi connectivity index (χ1) is 7.73. The monoisotopic (exact) mass is 237 g/mol. The van der Waals surface area contributed by atoms with Crippen molar-refractivity contribution in [2.24, 2.45) is 0 Å². The van der Waals surface area contributed by atoms with Gasteiger partial charge in [-0.1, -0.05) is 18.2 Å². The third-order valence-electron chi connectivity index (χ3n) is 2.57. The summed E-state index contributed by atoms with van der Waals surface area (Å²) in [7, 11) is 0. The molecule has 0 saturated carbocycles. The number of amides is 1. The number of nitrogens with zero attached hydrogens (tertiary/aromatic N) is 1. The summed E-state index contributed by atoms with van der Waals surface area (Å²) in [6.45, 7) is 3.39. The van der Waals surface area contributed by atoms with Crippen LogP contribution in [0.4, 0.5) is 5.69 Å². The van der Waals surface area contributed by atoms with Crippen LogP contribution in [0.3, 0.4) is 0 Å². The molecule has 1 aliphatic rings. The molecule has 1 atom stereocenters. The van der Waals surface area contributed by atoms with E-state index in [-0.39, 0.29) is 4.93 Å². The second kappa shape index (κ2) is 4.89. The highest BCUT2D eigenvalue weighted by Crippen LogP contribution is 2.33. The first-order valence-electron chi connectivity index (χ1n) is 5.28. The summed E-state index contributed by atoms with van der Waals surface area (Å²) in [5.41, 5.74) is 0.912. The fraction of sp³-hybridized carbons (Fsp3) is 0.417. The first-order valence-corrected chi connectivity index (χ1v) is 6.27. The molecule has 1 saturated heterocycles. The maximum Gasteiger partial charge on any atom is 0.214 e. The van der Waals surface area contributed by atoms with Gasteiger partial charge in [-0.15, -0.1) is 11.8 Å². The van der Waals surface area contributed by atoms with Gasteiger partial charge in [-0.25, -0.2) is 0 Å². The number of para-hydroxylation sites is 1. The molecule has 0 bridgehead atoms. The van der Waals surface area contributed by atoms with E-state index in [4.69, 9.17) is 4.74 Å². The van der Waals surface area contributed by atoms with Gasteiger partial charge >= 0.3 is 0 Å². The quantitative estimate of drug-likeness (QED) is 0.751. The van der Waals surface area contributed by atoms with Crippen LogP contribution in [0.25, 0.3) is 0 Å². The van der Waals surface area contributed by atoms with Crippen molar-refractivity contribution in [1.29, 1.82) is 0 Å². The third-order valence-corrected chi connectivity index (χ3v) is 3.80. The highest BCUT2D eigenvalue weighted by molar-refractivity contribution is 8.00. The molecule has 4 heteroatoms. The minimum Gasteiger partial charge on any atom is -0.362 e. The lowest BCUT2D eigenvalue weighted by Crippen LogP contribution is -2.37. The fourth-order valence-corrected chi connectivity index (χ4v) is 2.76. The van der Waals surface area contributed by atoms with Crippen LogP contribution >= 0.6 is 11.8 Å². The maximum atomic E-state index is 11.1. The summed E-state index contributed by atoms with van der Waals surface area (Å²) in [5.74, 6) is 0.998. The van der Waals surface area contributed by atoms with Gasteiger partial charge in [-0.3, -0.25) is 4.79 Å². The van der Waals surface area contributed by atoms with E-state index >= 15 is 0 Å². The van der Waals surface area contributed by atoms with Crippen molar-refractivity contribution >= 4 is 23.9 Å². The maximum absolute atomic E-state index is 11.1. The average Bonchev–Trinajstić information content (AvgIpc) is 2.74.